The van der Waals surface area contributed by atoms with E-state index in [1.54, 1.807) is 0 Å². The Morgan fingerprint density at radius 3 is 2.66 bits per heavy atom. The van der Waals surface area contributed by atoms with Gasteiger partial charge in [0.25, 0.3) is 12.3 Å². The fourth-order valence-corrected chi connectivity index (χ4v) is 3.02. The lowest BCUT2D eigenvalue weighted by Crippen LogP contribution is -2.46. The van der Waals surface area contributed by atoms with Crippen molar-refractivity contribution in [3.63, 3.8) is 0 Å². The summed E-state index contributed by atoms with van der Waals surface area (Å²) in [5.74, 6) is -2.19. The number of aliphatic hydroxyl groups excluding tert-OH is 1. The summed E-state index contributed by atoms with van der Waals surface area (Å²) in [7, 11) is 0. The summed E-state index contributed by atoms with van der Waals surface area (Å²) in [6.07, 6.45) is -6.46. The highest BCUT2D eigenvalue weighted by atomic mass is 19.3. The van der Waals surface area contributed by atoms with Crippen molar-refractivity contribution in [2.75, 3.05) is 6.61 Å². The molecule has 4 N–H and O–H groups in total. The van der Waals surface area contributed by atoms with E-state index in [0.29, 0.717) is 0 Å². The topological polar surface area (TPSA) is 128 Å². The predicted octanol–water partition coefficient (Wildman–Crippen LogP) is 2.78. The summed E-state index contributed by atoms with van der Waals surface area (Å²) in [5.41, 5.74) is 2.88. The fourth-order valence-electron chi connectivity index (χ4n) is 3.02. The third kappa shape index (κ3) is 4.49. The number of aryl methyl sites for hydroxylation is 1. The van der Waals surface area contributed by atoms with Crippen LogP contribution in [-0.2, 0) is 10.9 Å². The Morgan fingerprint density at radius 2 is 2.03 bits per heavy atom. The molecule has 0 aliphatic carbocycles. The highest BCUT2D eigenvalue weighted by molar-refractivity contribution is 6.08. The first-order chi connectivity index (χ1) is 15.0. The van der Waals surface area contributed by atoms with Gasteiger partial charge in [-0.25, -0.2) is 8.78 Å². The number of hydrogen-bond donors (Lipinski definition) is 3. The number of alkyl halides is 4. The molecule has 2 heterocycles. The van der Waals surface area contributed by atoms with E-state index in [4.69, 9.17) is 15.3 Å². The lowest BCUT2D eigenvalue weighted by molar-refractivity contribution is -0.187. The number of nitrogens with zero attached hydrogens (tertiary/aromatic N) is 1. The van der Waals surface area contributed by atoms with Gasteiger partial charge in [0.2, 0.25) is 5.91 Å². The van der Waals surface area contributed by atoms with E-state index >= 15 is 0 Å². The van der Waals surface area contributed by atoms with Crippen LogP contribution in [-0.4, -0.2) is 34.6 Å². The zero-order valence-corrected chi connectivity index (χ0v) is 16.4. The third-order valence-electron chi connectivity index (χ3n) is 4.50. The molecule has 0 fully saturated rings. The molecule has 32 heavy (non-hydrogen) atoms. The normalized spacial score (nSPS) is 12.7. The lowest BCUT2D eigenvalue weighted by Gasteiger charge is -2.20. The number of amides is 2. The number of fused-ring (bicyclic) bond motifs is 1. The maximum atomic E-state index is 14.7. The average Bonchev–Trinajstić information content (AvgIpc) is 3.06. The molecule has 0 aliphatic rings. The maximum Gasteiger partial charge on any atom is 0.428 e. The zero-order valence-electron chi connectivity index (χ0n) is 16.4. The van der Waals surface area contributed by atoms with E-state index < -0.39 is 54.0 Å². The maximum absolute atomic E-state index is 14.7. The van der Waals surface area contributed by atoms with E-state index in [1.165, 1.54) is 13.0 Å². The second-order valence-electron chi connectivity index (χ2n) is 6.66. The second-order valence-corrected chi connectivity index (χ2v) is 6.66. The van der Waals surface area contributed by atoms with Crippen molar-refractivity contribution in [1.29, 1.82) is 0 Å². The van der Waals surface area contributed by atoms with Crippen LogP contribution in [0.2, 0.25) is 0 Å². The van der Waals surface area contributed by atoms with E-state index in [2.05, 4.69) is 15.0 Å². The van der Waals surface area contributed by atoms with Gasteiger partial charge in [0.15, 0.2) is 0 Å². The van der Waals surface area contributed by atoms with Gasteiger partial charge in [0, 0.05) is 11.6 Å². The average molecular weight is 455 g/mol. The van der Waals surface area contributed by atoms with Gasteiger partial charge in [-0.1, -0.05) is 0 Å². The number of aromatic nitrogens is 1. The van der Waals surface area contributed by atoms with Crippen LogP contribution in [0.15, 0.2) is 40.9 Å². The smallest absolute Gasteiger partial charge is 0.428 e. The molecule has 1 atom stereocenters. The van der Waals surface area contributed by atoms with Crippen LogP contribution in [0.5, 0.6) is 5.75 Å². The SMILES string of the molecule is Cc1oc2ccc(OC(F)(F)c3cccnc3C(F)F)cc2c1C(=O)N[C@@H](CO)C(N)=O. The van der Waals surface area contributed by atoms with Crippen molar-refractivity contribution in [1.82, 2.24) is 10.3 Å². The second kappa shape index (κ2) is 8.83. The number of primary amides is 1. The summed E-state index contributed by atoms with van der Waals surface area (Å²) in [6.45, 7) is 0.668. The molecular formula is C20H17F4N3O5. The van der Waals surface area contributed by atoms with Crippen LogP contribution in [0.3, 0.4) is 0 Å². The van der Waals surface area contributed by atoms with Crippen LogP contribution < -0.4 is 15.8 Å². The Labute approximate surface area is 178 Å². The van der Waals surface area contributed by atoms with Gasteiger partial charge in [0.1, 0.15) is 28.8 Å². The number of carbonyl (C=O) groups is 2. The van der Waals surface area contributed by atoms with Crippen molar-refractivity contribution in [3.05, 3.63) is 59.1 Å². The molecule has 0 saturated carbocycles. The monoisotopic (exact) mass is 455 g/mol. The number of hydrogen-bond acceptors (Lipinski definition) is 6. The minimum Gasteiger partial charge on any atom is -0.461 e. The highest BCUT2D eigenvalue weighted by Gasteiger charge is 2.39. The van der Waals surface area contributed by atoms with E-state index in [-0.39, 0.29) is 22.3 Å². The molecule has 0 bridgehead atoms. The fraction of sp³-hybridized carbons (Fsp3) is 0.250. The molecule has 3 rings (SSSR count). The van der Waals surface area contributed by atoms with E-state index in [0.717, 1.165) is 30.5 Å². The minimum atomic E-state index is -4.16. The number of pyridine rings is 1. The van der Waals surface area contributed by atoms with Crippen molar-refractivity contribution in [2.24, 2.45) is 5.73 Å². The molecule has 12 heteroatoms. The number of rotatable bonds is 8. The number of ether oxygens (including phenoxy) is 1. The lowest BCUT2D eigenvalue weighted by atomic mass is 10.1. The van der Waals surface area contributed by atoms with Crippen LogP contribution in [0.1, 0.15) is 33.8 Å². The van der Waals surface area contributed by atoms with Gasteiger partial charge in [-0.15, -0.1) is 0 Å². The molecule has 0 saturated heterocycles. The molecule has 2 aromatic heterocycles. The number of benzene rings is 1. The Kier molecular flexibility index (Phi) is 6.35. The number of nitrogens with two attached hydrogens (primary N) is 1. The molecule has 2 amide bonds. The van der Waals surface area contributed by atoms with Crippen LogP contribution in [0, 0.1) is 6.92 Å². The Hall–Kier alpha value is -3.67. The molecule has 0 spiro atoms. The van der Waals surface area contributed by atoms with Gasteiger partial charge in [-0.3, -0.25) is 14.6 Å². The summed E-state index contributed by atoms with van der Waals surface area (Å²) in [4.78, 5) is 27.1. The first-order valence-electron chi connectivity index (χ1n) is 9.09. The first-order valence-corrected chi connectivity index (χ1v) is 9.09. The minimum absolute atomic E-state index is 0.0507. The molecule has 3 aromatic rings. The van der Waals surface area contributed by atoms with E-state index in [9.17, 15) is 27.2 Å². The van der Waals surface area contributed by atoms with Gasteiger partial charge in [-0.05, 0) is 37.3 Å². The van der Waals surface area contributed by atoms with Crippen molar-refractivity contribution in [3.8, 4) is 5.75 Å². The summed E-state index contributed by atoms with van der Waals surface area (Å²) < 4.78 is 65.6. The van der Waals surface area contributed by atoms with Crippen molar-refractivity contribution >= 4 is 22.8 Å². The van der Waals surface area contributed by atoms with Gasteiger partial charge >= 0.3 is 6.11 Å². The summed E-state index contributed by atoms with van der Waals surface area (Å²) in [5, 5.41) is 11.4. The summed E-state index contributed by atoms with van der Waals surface area (Å²) >= 11 is 0. The molecule has 0 aliphatic heterocycles. The standard InChI is InChI=1S/C20H17F4N3O5/c1-9-15(19(30)27-13(8-28)18(25)29)11-7-10(4-5-14(11)31-9)32-20(23,24)12-3-2-6-26-16(12)17(21)22/h2-7,13,17,28H,8H2,1H3,(H2,25,29)(H,27,30)/t13-/m0/s1. The predicted molar refractivity (Wildman–Crippen MR) is 102 cm³/mol. The van der Waals surface area contributed by atoms with Crippen LogP contribution in [0.4, 0.5) is 17.6 Å². The number of aliphatic hydroxyl groups is 1. The first kappa shape index (κ1) is 23.0. The molecule has 0 unspecified atom stereocenters. The van der Waals surface area contributed by atoms with Gasteiger partial charge in [-0.2, -0.15) is 8.78 Å². The highest BCUT2D eigenvalue weighted by Crippen LogP contribution is 2.37. The molecular weight excluding hydrogens is 438 g/mol. The molecule has 0 radical (unpaired) electrons. The van der Waals surface area contributed by atoms with Gasteiger partial charge in [0.05, 0.1) is 17.7 Å². The summed E-state index contributed by atoms with van der Waals surface area (Å²) in [6, 6.07) is 3.88. The number of carbonyl (C=O) groups excluding carboxylic acids is 2. The third-order valence-corrected chi connectivity index (χ3v) is 4.50. The molecule has 8 nitrogen and oxygen atoms in total. The molecule has 1 aromatic carbocycles. The van der Waals surface area contributed by atoms with Crippen molar-refractivity contribution in [2.45, 2.75) is 25.5 Å². The molecule has 170 valence electrons. The quantitative estimate of drug-likeness (QED) is 0.448. The number of halogens is 4. The van der Waals surface area contributed by atoms with Gasteiger partial charge < -0.3 is 25.3 Å². The van der Waals surface area contributed by atoms with E-state index in [1.807, 2.05) is 0 Å². The Morgan fingerprint density at radius 1 is 1.31 bits per heavy atom. The van der Waals surface area contributed by atoms with Crippen molar-refractivity contribution < 1.29 is 41.4 Å². The Balaban J connectivity index is 1.97. The number of nitrogens with one attached hydrogen (secondary N) is 1. The number of furan rings is 1. The van der Waals surface area contributed by atoms with Crippen LogP contribution >= 0.6 is 0 Å². The van der Waals surface area contributed by atoms with Crippen LogP contribution in [0.25, 0.3) is 11.0 Å². The largest absolute Gasteiger partial charge is 0.461 e. The Bertz CT molecular complexity index is 1170. The zero-order chi connectivity index (χ0) is 23.6.